The topological polar surface area (TPSA) is 46.3 Å². The Hall–Kier alpha value is -1.35. The summed E-state index contributed by atoms with van der Waals surface area (Å²) in [5.74, 6) is 0.332. The highest BCUT2D eigenvalue weighted by Gasteiger charge is 2.40. The van der Waals surface area contributed by atoms with Gasteiger partial charge in [-0.2, -0.15) is 0 Å². The average molecular weight is 286 g/mol. The number of hydrogen-bond donors (Lipinski definition) is 1. The van der Waals surface area contributed by atoms with E-state index in [4.69, 9.17) is 5.73 Å². The summed E-state index contributed by atoms with van der Waals surface area (Å²) in [4.78, 5) is 14.8. The molecule has 1 amide bonds. The standard InChI is InChI=1S/C18H26N2O/c19-14-18(9-5-10-18)13-17(21)20-11-4-8-16(20)12-15-6-2-1-3-7-15/h1-3,6-7,16H,4-5,8-14,19H2. The molecule has 2 aliphatic rings. The number of benzene rings is 1. The number of carbonyl (C=O) groups excluding carboxylic acids is 1. The summed E-state index contributed by atoms with van der Waals surface area (Å²) < 4.78 is 0. The minimum atomic E-state index is 0.122. The summed E-state index contributed by atoms with van der Waals surface area (Å²) >= 11 is 0. The molecule has 1 saturated carbocycles. The summed E-state index contributed by atoms with van der Waals surface area (Å²) in [6.45, 7) is 1.59. The van der Waals surface area contributed by atoms with E-state index in [1.54, 1.807) is 0 Å². The van der Waals surface area contributed by atoms with Crippen LogP contribution in [0, 0.1) is 5.41 Å². The smallest absolute Gasteiger partial charge is 0.223 e. The fourth-order valence-electron chi connectivity index (χ4n) is 3.81. The molecule has 1 aromatic carbocycles. The quantitative estimate of drug-likeness (QED) is 0.904. The second kappa shape index (κ2) is 6.18. The second-order valence-electron chi connectivity index (χ2n) is 6.81. The lowest BCUT2D eigenvalue weighted by atomic mass is 9.66. The van der Waals surface area contributed by atoms with Crippen molar-refractivity contribution in [1.29, 1.82) is 0 Å². The largest absolute Gasteiger partial charge is 0.339 e. The monoisotopic (exact) mass is 286 g/mol. The molecule has 1 unspecified atom stereocenters. The van der Waals surface area contributed by atoms with Gasteiger partial charge in [0, 0.05) is 19.0 Å². The van der Waals surface area contributed by atoms with Crippen molar-refractivity contribution in [3.8, 4) is 0 Å². The van der Waals surface area contributed by atoms with E-state index in [2.05, 4.69) is 29.2 Å². The van der Waals surface area contributed by atoms with Crippen molar-refractivity contribution in [2.45, 2.75) is 51.0 Å². The summed E-state index contributed by atoms with van der Waals surface area (Å²) in [5, 5.41) is 0. The van der Waals surface area contributed by atoms with Gasteiger partial charge in [0.05, 0.1) is 0 Å². The van der Waals surface area contributed by atoms with E-state index in [0.29, 0.717) is 24.9 Å². The molecule has 0 spiro atoms. The van der Waals surface area contributed by atoms with E-state index in [0.717, 1.165) is 38.6 Å². The van der Waals surface area contributed by atoms with Crippen molar-refractivity contribution < 1.29 is 4.79 Å². The number of amides is 1. The van der Waals surface area contributed by atoms with Crippen molar-refractivity contribution >= 4 is 5.91 Å². The molecule has 114 valence electrons. The third kappa shape index (κ3) is 3.13. The zero-order chi connectivity index (χ0) is 14.7. The fraction of sp³-hybridized carbons (Fsp3) is 0.611. The minimum absolute atomic E-state index is 0.122. The minimum Gasteiger partial charge on any atom is -0.339 e. The van der Waals surface area contributed by atoms with E-state index < -0.39 is 0 Å². The summed E-state index contributed by atoms with van der Waals surface area (Å²) in [5.41, 5.74) is 7.36. The van der Waals surface area contributed by atoms with Crippen molar-refractivity contribution in [1.82, 2.24) is 4.90 Å². The maximum atomic E-state index is 12.7. The van der Waals surface area contributed by atoms with E-state index in [9.17, 15) is 4.79 Å². The van der Waals surface area contributed by atoms with Crippen molar-refractivity contribution in [3.63, 3.8) is 0 Å². The predicted octanol–water partition coefficient (Wildman–Crippen LogP) is 2.74. The van der Waals surface area contributed by atoms with Crippen molar-refractivity contribution in [2.24, 2.45) is 11.1 Å². The maximum Gasteiger partial charge on any atom is 0.223 e. The molecule has 0 bridgehead atoms. The van der Waals surface area contributed by atoms with Gasteiger partial charge in [-0.25, -0.2) is 0 Å². The number of rotatable bonds is 5. The molecule has 2 N–H and O–H groups in total. The Bertz CT molecular complexity index is 476. The molecule has 1 aliphatic carbocycles. The molecule has 3 nitrogen and oxygen atoms in total. The molecular formula is C18H26N2O. The number of carbonyl (C=O) groups is 1. The Morgan fingerprint density at radius 1 is 1.24 bits per heavy atom. The lowest BCUT2D eigenvalue weighted by Crippen LogP contribution is -2.45. The maximum absolute atomic E-state index is 12.7. The predicted molar refractivity (Wildman–Crippen MR) is 84.8 cm³/mol. The first-order chi connectivity index (χ1) is 10.2. The molecule has 1 aromatic rings. The second-order valence-corrected chi connectivity index (χ2v) is 6.81. The van der Waals surface area contributed by atoms with Gasteiger partial charge in [0.15, 0.2) is 0 Å². The van der Waals surface area contributed by atoms with Gasteiger partial charge in [0.1, 0.15) is 0 Å². The molecule has 1 heterocycles. The molecule has 3 rings (SSSR count). The Labute approximate surface area is 127 Å². The molecule has 1 saturated heterocycles. The van der Waals surface area contributed by atoms with Crippen LogP contribution in [-0.4, -0.2) is 29.9 Å². The Morgan fingerprint density at radius 3 is 2.62 bits per heavy atom. The van der Waals surface area contributed by atoms with E-state index in [1.165, 1.54) is 12.0 Å². The van der Waals surface area contributed by atoms with Gasteiger partial charge in [-0.1, -0.05) is 36.8 Å². The molecule has 1 atom stereocenters. The Kier molecular flexibility index (Phi) is 4.29. The average Bonchev–Trinajstić information content (AvgIpc) is 2.92. The first-order valence-electron chi connectivity index (χ1n) is 8.26. The third-order valence-electron chi connectivity index (χ3n) is 5.39. The summed E-state index contributed by atoms with van der Waals surface area (Å²) in [6.07, 6.45) is 7.42. The van der Waals surface area contributed by atoms with Crippen LogP contribution >= 0.6 is 0 Å². The lowest BCUT2D eigenvalue weighted by Gasteiger charge is -2.41. The van der Waals surface area contributed by atoms with Crippen LogP contribution < -0.4 is 5.73 Å². The molecule has 2 fully saturated rings. The SMILES string of the molecule is NCC1(CC(=O)N2CCCC2Cc2ccccc2)CCC1. The summed E-state index contributed by atoms with van der Waals surface area (Å²) in [6, 6.07) is 10.9. The summed E-state index contributed by atoms with van der Waals surface area (Å²) in [7, 11) is 0. The van der Waals surface area contributed by atoms with Gasteiger partial charge < -0.3 is 10.6 Å². The van der Waals surface area contributed by atoms with Crippen LogP contribution in [0.5, 0.6) is 0 Å². The van der Waals surface area contributed by atoms with Gasteiger partial charge in [-0.05, 0) is 49.6 Å². The highest BCUT2D eigenvalue weighted by atomic mass is 16.2. The molecule has 21 heavy (non-hydrogen) atoms. The van der Waals surface area contributed by atoms with Crippen LogP contribution in [0.1, 0.15) is 44.1 Å². The van der Waals surface area contributed by atoms with Crippen LogP contribution in [0.2, 0.25) is 0 Å². The zero-order valence-electron chi connectivity index (χ0n) is 12.8. The number of hydrogen-bond acceptors (Lipinski definition) is 2. The first-order valence-corrected chi connectivity index (χ1v) is 8.26. The number of nitrogens with zero attached hydrogens (tertiary/aromatic N) is 1. The Balaban J connectivity index is 1.62. The zero-order valence-corrected chi connectivity index (χ0v) is 12.8. The number of likely N-dealkylation sites (tertiary alicyclic amines) is 1. The van der Waals surface area contributed by atoms with Gasteiger partial charge in [0.25, 0.3) is 0 Å². The third-order valence-corrected chi connectivity index (χ3v) is 5.39. The van der Waals surface area contributed by atoms with Crippen LogP contribution in [0.4, 0.5) is 0 Å². The Morgan fingerprint density at radius 2 is 2.00 bits per heavy atom. The molecule has 0 aromatic heterocycles. The van der Waals surface area contributed by atoms with E-state index in [-0.39, 0.29) is 5.41 Å². The van der Waals surface area contributed by atoms with Crippen molar-refractivity contribution in [2.75, 3.05) is 13.1 Å². The lowest BCUT2D eigenvalue weighted by molar-refractivity contribution is -0.135. The van der Waals surface area contributed by atoms with Crippen LogP contribution in [0.3, 0.4) is 0 Å². The normalized spacial score (nSPS) is 23.9. The van der Waals surface area contributed by atoms with Crippen LogP contribution in [0.15, 0.2) is 30.3 Å². The van der Waals surface area contributed by atoms with E-state index >= 15 is 0 Å². The highest BCUT2D eigenvalue weighted by molar-refractivity contribution is 5.77. The highest BCUT2D eigenvalue weighted by Crippen LogP contribution is 2.43. The van der Waals surface area contributed by atoms with Gasteiger partial charge in [-0.3, -0.25) is 4.79 Å². The molecule has 0 radical (unpaired) electrons. The van der Waals surface area contributed by atoms with E-state index in [1.807, 2.05) is 6.07 Å². The van der Waals surface area contributed by atoms with Crippen LogP contribution in [-0.2, 0) is 11.2 Å². The van der Waals surface area contributed by atoms with Gasteiger partial charge >= 0.3 is 0 Å². The molecule has 3 heteroatoms. The van der Waals surface area contributed by atoms with Gasteiger partial charge in [-0.15, -0.1) is 0 Å². The molecule has 1 aliphatic heterocycles. The van der Waals surface area contributed by atoms with Gasteiger partial charge in [0.2, 0.25) is 5.91 Å². The van der Waals surface area contributed by atoms with Crippen LogP contribution in [0.25, 0.3) is 0 Å². The molecular weight excluding hydrogens is 260 g/mol. The fourth-order valence-corrected chi connectivity index (χ4v) is 3.81. The number of nitrogens with two attached hydrogens (primary N) is 1. The van der Waals surface area contributed by atoms with Crippen molar-refractivity contribution in [3.05, 3.63) is 35.9 Å². The first kappa shape index (κ1) is 14.6.